The number of likely N-dealkylation sites (tertiary alicyclic amines) is 1. The van der Waals surface area contributed by atoms with Gasteiger partial charge in [0.15, 0.2) is 0 Å². The largest absolute Gasteiger partial charge is 0.508 e. The topological polar surface area (TPSA) is 48.0 Å². The quantitative estimate of drug-likeness (QED) is 0.682. The minimum Gasteiger partial charge on any atom is -0.486 e. The maximum absolute atomic E-state index is 11.7. The number of carbonyl (C=O) groups excluding carboxylic acids is 1. The fraction of sp³-hybridized carbons (Fsp3) is 0.409. The number of piperidine rings is 1. The van der Waals surface area contributed by atoms with Crippen molar-refractivity contribution >= 4 is 6.16 Å². The van der Waals surface area contributed by atoms with Crippen LogP contribution in [0, 0.1) is 0 Å². The molecule has 5 nitrogen and oxygen atoms in total. The molecule has 1 fully saturated rings. The third-order valence-corrected chi connectivity index (χ3v) is 4.67. The van der Waals surface area contributed by atoms with Crippen molar-refractivity contribution in [2.24, 2.45) is 0 Å². The van der Waals surface area contributed by atoms with Gasteiger partial charge in [-0.25, -0.2) is 4.79 Å². The molecule has 0 aliphatic carbocycles. The van der Waals surface area contributed by atoms with E-state index < -0.39 is 6.16 Å². The normalized spacial score (nSPS) is 20.0. The van der Waals surface area contributed by atoms with Crippen molar-refractivity contribution in [1.82, 2.24) is 4.90 Å². The van der Waals surface area contributed by atoms with Gasteiger partial charge in [0.05, 0.1) is 0 Å². The highest BCUT2D eigenvalue weighted by atomic mass is 16.7. The SMILES string of the molecule is CC1(Oc2ccccc2)CCCN(CCOC(=O)OCc2ccccc2)C1. The zero-order valence-corrected chi connectivity index (χ0v) is 15.8. The predicted molar refractivity (Wildman–Crippen MR) is 104 cm³/mol. The molecule has 1 saturated heterocycles. The number of para-hydroxylation sites is 1. The zero-order valence-electron chi connectivity index (χ0n) is 15.8. The molecule has 1 aliphatic rings. The lowest BCUT2D eigenvalue weighted by molar-refractivity contribution is -0.00609. The smallest absolute Gasteiger partial charge is 0.486 e. The van der Waals surface area contributed by atoms with Crippen LogP contribution in [-0.4, -0.2) is 42.9 Å². The Hall–Kier alpha value is -2.53. The van der Waals surface area contributed by atoms with Gasteiger partial charge in [0.1, 0.15) is 24.6 Å². The molecule has 1 aliphatic heterocycles. The van der Waals surface area contributed by atoms with Gasteiger partial charge in [0, 0.05) is 13.1 Å². The van der Waals surface area contributed by atoms with Crippen molar-refractivity contribution in [3.63, 3.8) is 0 Å². The maximum atomic E-state index is 11.7. The van der Waals surface area contributed by atoms with Gasteiger partial charge < -0.3 is 14.2 Å². The number of rotatable bonds is 7. The summed E-state index contributed by atoms with van der Waals surface area (Å²) in [6, 6.07) is 19.5. The molecule has 0 spiro atoms. The Labute approximate surface area is 160 Å². The number of ether oxygens (including phenoxy) is 3. The number of hydrogen-bond donors (Lipinski definition) is 0. The number of benzene rings is 2. The molecule has 1 atom stereocenters. The molecule has 144 valence electrons. The van der Waals surface area contributed by atoms with Crippen molar-refractivity contribution in [2.45, 2.75) is 32.0 Å². The van der Waals surface area contributed by atoms with E-state index in [4.69, 9.17) is 14.2 Å². The van der Waals surface area contributed by atoms with Gasteiger partial charge in [-0.3, -0.25) is 4.90 Å². The molecule has 0 bridgehead atoms. The summed E-state index contributed by atoms with van der Waals surface area (Å²) >= 11 is 0. The maximum Gasteiger partial charge on any atom is 0.508 e. The minimum atomic E-state index is -0.626. The van der Waals surface area contributed by atoms with E-state index in [-0.39, 0.29) is 12.2 Å². The summed E-state index contributed by atoms with van der Waals surface area (Å²) in [6.45, 7) is 5.15. The first-order valence-corrected chi connectivity index (χ1v) is 9.43. The van der Waals surface area contributed by atoms with Crippen LogP contribution in [0.3, 0.4) is 0 Å². The molecule has 0 saturated carbocycles. The molecule has 1 heterocycles. The summed E-state index contributed by atoms with van der Waals surface area (Å²) in [7, 11) is 0. The summed E-state index contributed by atoms with van der Waals surface area (Å²) < 4.78 is 16.6. The molecule has 5 heteroatoms. The molecule has 27 heavy (non-hydrogen) atoms. The van der Waals surface area contributed by atoms with E-state index in [1.807, 2.05) is 60.7 Å². The fourth-order valence-corrected chi connectivity index (χ4v) is 3.37. The molecule has 3 rings (SSSR count). The lowest BCUT2D eigenvalue weighted by atomic mass is 9.94. The van der Waals surface area contributed by atoms with Gasteiger partial charge in [0.25, 0.3) is 0 Å². The summed E-state index contributed by atoms with van der Waals surface area (Å²) in [5.41, 5.74) is 0.715. The molecular formula is C22H27NO4. The zero-order chi connectivity index (χ0) is 19.0. The van der Waals surface area contributed by atoms with Crippen molar-refractivity contribution < 1.29 is 19.0 Å². The van der Waals surface area contributed by atoms with E-state index in [2.05, 4.69) is 11.8 Å². The molecule has 2 aromatic carbocycles. The predicted octanol–water partition coefficient (Wildman–Crippen LogP) is 4.27. The lowest BCUT2D eigenvalue weighted by Crippen LogP contribution is -2.50. The Bertz CT molecular complexity index is 707. The van der Waals surface area contributed by atoms with Crippen LogP contribution in [0.2, 0.25) is 0 Å². The van der Waals surface area contributed by atoms with Crippen LogP contribution in [0.1, 0.15) is 25.3 Å². The van der Waals surface area contributed by atoms with Crippen molar-refractivity contribution in [2.75, 3.05) is 26.2 Å². The average Bonchev–Trinajstić information content (AvgIpc) is 2.68. The Balaban J connectivity index is 1.38. The van der Waals surface area contributed by atoms with Crippen LogP contribution in [0.4, 0.5) is 4.79 Å². The summed E-state index contributed by atoms with van der Waals surface area (Å²) in [6.07, 6.45) is 1.44. The number of hydrogen-bond acceptors (Lipinski definition) is 5. The monoisotopic (exact) mass is 369 g/mol. The summed E-state index contributed by atoms with van der Waals surface area (Å²) in [5.74, 6) is 0.891. The molecule has 2 aromatic rings. The van der Waals surface area contributed by atoms with Crippen LogP contribution in [-0.2, 0) is 16.1 Å². The van der Waals surface area contributed by atoms with Crippen LogP contribution >= 0.6 is 0 Å². The highest BCUT2D eigenvalue weighted by molar-refractivity contribution is 5.59. The second kappa shape index (κ2) is 9.42. The Morgan fingerprint density at radius 3 is 2.48 bits per heavy atom. The second-order valence-electron chi connectivity index (χ2n) is 7.12. The fourth-order valence-electron chi connectivity index (χ4n) is 3.37. The highest BCUT2D eigenvalue weighted by Crippen LogP contribution is 2.27. The van der Waals surface area contributed by atoms with Gasteiger partial charge >= 0.3 is 6.16 Å². The number of nitrogens with zero attached hydrogens (tertiary/aromatic N) is 1. The van der Waals surface area contributed by atoms with E-state index in [1.165, 1.54) is 0 Å². The first-order valence-electron chi connectivity index (χ1n) is 9.43. The van der Waals surface area contributed by atoms with Gasteiger partial charge in [-0.2, -0.15) is 0 Å². The van der Waals surface area contributed by atoms with Gasteiger partial charge in [-0.05, 0) is 44.0 Å². The first-order chi connectivity index (χ1) is 13.1. The van der Waals surface area contributed by atoms with Gasteiger partial charge in [-0.1, -0.05) is 48.5 Å². The summed E-state index contributed by atoms with van der Waals surface area (Å²) in [4.78, 5) is 14.0. The van der Waals surface area contributed by atoms with Crippen LogP contribution < -0.4 is 4.74 Å². The Kier molecular flexibility index (Phi) is 6.71. The lowest BCUT2D eigenvalue weighted by Gasteiger charge is -2.40. The van der Waals surface area contributed by atoms with E-state index in [9.17, 15) is 4.79 Å². The Morgan fingerprint density at radius 1 is 1.04 bits per heavy atom. The number of carbonyl (C=O) groups is 1. The first kappa shape index (κ1) is 19.2. The molecule has 0 N–H and O–H groups in total. The van der Waals surface area contributed by atoms with Crippen molar-refractivity contribution in [3.8, 4) is 5.75 Å². The molecular weight excluding hydrogens is 342 g/mol. The van der Waals surface area contributed by atoms with Gasteiger partial charge in [-0.15, -0.1) is 0 Å². The Morgan fingerprint density at radius 2 is 1.74 bits per heavy atom. The molecule has 0 aromatic heterocycles. The highest BCUT2D eigenvalue weighted by Gasteiger charge is 2.32. The van der Waals surface area contributed by atoms with E-state index in [0.717, 1.165) is 37.2 Å². The van der Waals surface area contributed by atoms with Gasteiger partial charge in [0.2, 0.25) is 0 Å². The average molecular weight is 369 g/mol. The van der Waals surface area contributed by atoms with Crippen LogP contribution in [0.5, 0.6) is 5.75 Å². The second-order valence-corrected chi connectivity index (χ2v) is 7.12. The van der Waals surface area contributed by atoms with Crippen molar-refractivity contribution in [3.05, 3.63) is 66.2 Å². The van der Waals surface area contributed by atoms with E-state index in [1.54, 1.807) is 0 Å². The standard InChI is InChI=1S/C22H27NO4/c1-22(27-20-11-6-3-7-12-20)13-8-14-23(18-22)15-16-25-21(24)26-17-19-9-4-2-5-10-19/h2-7,9-12H,8,13-18H2,1H3. The van der Waals surface area contributed by atoms with Crippen molar-refractivity contribution in [1.29, 1.82) is 0 Å². The molecule has 0 amide bonds. The third kappa shape index (κ3) is 6.29. The molecule has 1 unspecified atom stereocenters. The van der Waals surface area contributed by atoms with E-state index in [0.29, 0.717) is 13.2 Å². The summed E-state index contributed by atoms with van der Waals surface area (Å²) in [5, 5.41) is 0. The minimum absolute atomic E-state index is 0.229. The molecule has 0 radical (unpaired) electrons. The van der Waals surface area contributed by atoms with Crippen LogP contribution in [0.25, 0.3) is 0 Å². The van der Waals surface area contributed by atoms with Crippen LogP contribution in [0.15, 0.2) is 60.7 Å². The van der Waals surface area contributed by atoms with E-state index >= 15 is 0 Å². The third-order valence-electron chi connectivity index (χ3n) is 4.67.